The number of nitrogens with zero attached hydrogens (tertiary/aromatic N) is 3. The molecular formula is C17H16N4O4. The van der Waals surface area contributed by atoms with Gasteiger partial charge in [0.05, 0.1) is 5.52 Å². The Balaban J connectivity index is 1.67. The summed E-state index contributed by atoms with van der Waals surface area (Å²) in [6.07, 6.45) is 2.01. The number of fused-ring (bicyclic) bond motifs is 4. The van der Waals surface area contributed by atoms with Gasteiger partial charge >= 0.3 is 5.69 Å². The van der Waals surface area contributed by atoms with Gasteiger partial charge in [-0.1, -0.05) is 0 Å². The van der Waals surface area contributed by atoms with E-state index >= 15 is 0 Å². The number of aryl methyl sites for hydroxylation is 1. The fourth-order valence-electron chi connectivity index (χ4n) is 3.17. The van der Waals surface area contributed by atoms with Crippen LogP contribution in [0.2, 0.25) is 0 Å². The largest absolute Gasteiger partial charge is 0.454 e. The molecule has 1 saturated carbocycles. The number of rotatable bonds is 3. The van der Waals surface area contributed by atoms with Crippen molar-refractivity contribution >= 4 is 22.5 Å². The summed E-state index contributed by atoms with van der Waals surface area (Å²) in [6, 6.07) is 5.84. The molecule has 0 radical (unpaired) electrons. The quantitative estimate of drug-likeness (QED) is 0.768. The molecule has 8 nitrogen and oxygen atoms in total. The minimum Gasteiger partial charge on any atom is -0.454 e. The zero-order valence-electron chi connectivity index (χ0n) is 13.6. The van der Waals surface area contributed by atoms with Crippen molar-refractivity contribution in [1.29, 1.82) is 0 Å². The normalized spacial score (nSPS) is 15.9. The van der Waals surface area contributed by atoms with Gasteiger partial charge in [-0.15, -0.1) is 5.10 Å². The summed E-state index contributed by atoms with van der Waals surface area (Å²) in [5.74, 6) is 1.08. The molecule has 1 aliphatic heterocycles. The maximum Gasteiger partial charge on any atom is 0.351 e. The van der Waals surface area contributed by atoms with Crippen LogP contribution in [0.3, 0.4) is 0 Å². The zero-order chi connectivity index (χ0) is 17.1. The van der Waals surface area contributed by atoms with E-state index in [0.717, 1.165) is 23.8 Å². The van der Waals surface area contributed by atoms with E-state index in [1.54, 1.807) is 6.07 Å². The minimum absolute atomic E-state index is 0.0809. The molecule has 8 heteroatoms. The van der Waals surface area contributed by atoms with Crippen molar-refractivity contribution in [2.45, 2.75) is 32.4 Å². The topological polar surface area (TPSA) is 86.9 Å². The van der Waals surface area contributed by atoms with Gasteiger partial charge < -0.3 is 14.8 Å². The molecule has 1 fully saturated rings. The van der Waals surface area contributed by atoms with Gasteiger partial charge in [0.2, 0.25) is 12.7 Å². The van der Waals surface area contributed by atoms with Crippen molar-refractivity contribution in [2.75, 3.05) is 6.79 Å². The van der Waals surface area contributed by atoms with E-state index in [4.69, 9.17) is 9.47 Å². The number of pyridine rings is 1. The summed E-state index contributed by atoms with van der Waals surface area (Å²) in [5, 5.41) is 8.09. The van der Waals surface area contributed by atoms with Crippen LogP contribution >= 0.6 is 0 Å². The molecule has 25 heavy (non-hydrogen) atoms. The van der Waals surface area contributed by atoms with E-state index in [9.17, 15) is 9.59 Å². The van der Waals surface area contributed by atoms with Crippen molar-refractivity contribution < 1.29 is 14.3 Å². The van der Waals surface area contributed by atoms with Crippen LogP contribution in [0.4, 0.5) is 0 Å². The van der Waals surface area contributed by atoms with Crippen molar-refractivity contribution in [1.82, 2.24) is 19.5 Å². The summed E-state index contributed by atoms with van der Waals surface area (Å²) >= 11 is 0. The Bertz CT molecular complexity index is 1090. The van der Waals surface area contributed by atoms with E-state index < -0.39 is 0 Å². The third-order valence-corrected chi connectivity index (χ3v) is 4.56. The predicted octanol–water partition coefficient (Wildman–Crippen LogP) is 0.965. The van der Waals surface area contributed by atoms with Crippen LogP contribution in [0.1, 0.15) is 18.4 Å². The highest BCUT2D eigenvalue weighted by Crippen LogP contribution is 2.36. The van der Waals surface area contributed by atoms with E-state index in [2.05, 4.69) is 10.4 Å². The highest BCUT2D eigenvalue weighted by molar-refractivity contribution is 5.87. The summed E-state index contributed by atoms with van der Waals surface area (Å²) in [4.78, 5) is 24.9. The first-order chi connectivity index (χ1) is 12.1. The molecular weight excluding hydrogens is 324 g/mol. The monoisotopic (exact) mass is 340 g/mol. The lowest BCUT2D eigenvalue weighted by Crippen LogP contribution is -2.33. The molecule has 0 spiro atoms. The summed E-state index contributed by atoms with van der Waals surface area (Å²) in [5.41, 5.74) is 1.73. The minimum atomic E-state index is -0.339. The van der Waals surface area contributed by atoms with Crippen LogP contribution in [0.5, 0.6) is 11.5 Å². The van der Waals surface area contributed by atoms with E-state index in [1.165, 1.54) is 9.08 Å². The highest BCUT2D eigenvalue weighted by atomic mass is 16.7. The molecule has 5 rings (SSSR count). The molecule has 0 bridgehead atoms. The number of benzene rings is 1. The third kappa shape index (κ3) is 2.25. The summed E-state index contributed by atoms with van der Waals surface area (Å²) in [7, 11) is 0. The summed E-state index contributed by atoms with van der Waals surface area (Å²) < 4.78 is 13.6. The fraction of sp³-hybridized carbons (Fsp3) is 0.353. The van der Waals surface area contributed by atoms with Crippen molar-refractivity contribution in [2.24, 2.45) is 0 Å². The van der Waals surface area contributed by atoms with E-state index in [1.807, 2.05) is 19.1 Å². The number of carbonyl (C=O) groups is 1. The molecule has 3 heterocycles. The first-order valence-electron chi connectivity index (χ1n) is 8.22. The van der Waals surface area contributed by atoms with E-state index in [-0.39, 0.29) is 31.0 Å². The maximum absolute atomic E-state index is 12.8. The summed E-state index contributed by atoms with van der Waals surface area (Å²) in [6.45, 7) is 1.98. The Labute approximate surface area is 141 Å². The molecule has 1 aromatic carbocycles. The molecule has 1 N–H and O–H groups in total. The molecule has 0 unspecified atom stereocenters. The standard InChI is InChI=1S/C17H16N4O4/c1-9-4-10-5-13-14(25-8-24-13)6-12(10)21-16(9)19-20(17(21)23)7-15(22)18-11-2-3-11/h4-6,11H,2-3,7-8H2,1H3,(H,18,22). The molecule has 3 aromatic rings. The van der Waals surface area contributed by atoms with Crippen molar-refractivity contribution in [3.05, 3.63) is 34.2 Å². The number of nitrogens with one attached hydrogen (secondary N) is 1. The lowest BCUT2D eigenvalue weighted by atomic mass is 10.1. The van der Waals surface area contributed by atoms with Gasteiger partial charge in [0, 0.05) is 17.5 Å². The second-order valence-corrected chi connectivity index (χ2v) is 6.53. The van der Waals surface area contributed by atoms with Gasteiger partial charge in [0.1, 0.15) is 6.54 Å². The first-order valence-corrected chi connectivity index (χ1v) is 8.22. The second-order valence-electron chi connectivity index (χ2n) is 6.53. The van der Waals surface area contributed by atoms with Crippen LogP contribution in [-0.2, 0) is 11.3 Å². The number of ether oxygens (including phenoxy) is 2. The fourth-order valence-corrected chi connectivity index (χ4v) is 3.17. The number of amides is 1. The first kappa shape index (κ1) is 14.3. The maximum atomic E-state index is 12.8. The lowest BCUT2D eigenvalue weighted by molar-refractivity contribution is -0.122. The van der Waals surface area contributed by atoms with Gasteiger partial charge in [-0.2, -0.15) is 0 Å². The average Bonchev–Trinajstić information content (AvgIpc) is 3.16. The van der Waals surface area contributed by atoms with Gasteiger partial charge in [-0.05, 0) is 37.5 Å². The van der Waals surface area contributed by atoms with Gasteiger partial charge in [0.25, 0.3) is 0 Å². The molecule has 0 saturated heterocycles. The number of hydrogen-bond donors (Lipinski definition) is 1. The number of hydrogen-bond acceptors (Lipinski definition) is 5. The van der Waals surface area contributed by atoms with Crippen molar-refractivity contribution in [3.8, 4) is 11.5 Å². The Morgan fingerprint density at radius 1 is 1.28 bits per heavy atom. The Kier molecular flexibility index (Phi) is 2.85. The van der Waals surface area contributed by atoms with Gasteiger partial charge in [0.15, 0.2) is 17.1 Å². The Hall–Kier alpha value is -3.03. The van der Waals surface area contributed by atoms with Crippen LogP contribution in [0.25, 0.3) is 16.6 Å². The van der Waals surface area contributed by atoms with Crippen LogP contribution in [0, 0.1) is 6.92 Å². The number of aromatic nitrogens is 3. The average molecular weight is 340 g/mol. The molecule has 2 aromatic heterocycles. The third-order valence-electron chi connectivity index (χ3n) is 4.56. The second kappa shape index (κ2) is 4.98. The predicted molar refractivity (Wildman–Crippen MR) is 89.0 cm³/mol. The molecule has 1 aliphatic carbocycles. The Morgan fingerprint density at radius 2 is 2.04 bits per heavy atom. The lowest BCUT2D eigenvalue weighted by Gasteiger charge is -2.05. The van der Waals surface area contributed by atoms with Crippen LogP contribution in [0.15, 0.2) is 23.0 Å². The van der Waals surface area contributed by atoms with Gasteiger partial charge in [-0.25, -0.2) is 13.9 Å². The molecule has 0 atom stereocenters. The molecule has 128 valence electrons. The van der Waals surface area contributed by atoms with E-state index in [0.29, 0.717) is 22.7 Å². The molecule has 1 amide bonds. The number of carbonyl (C=O) groups excluding carboxylic acids is 1. The zero-order valence-corrected chi connectivity index (χ0v) is 13.6. The highest BCUT2D eigenvalue weighted by Gasteiger charge is 2.24. The van der Waals surface area contributed by atoms with Crippen LogP contribution < -0.4 is 20.5 Å². The SMILES string of the molecule is Cc1cc2cc3c(cc2n2c(=O)n(CC(=O)NC4CC4)nc12)OCO3. The Morgan fingerprint density at radius 3 is 2.80 bits per heavy atom. The van der Waals surface area contributed by atoms with Crippen LogP contribution in [-0.4, -0.2) is 32.9 Å². The smallest absolute Gasteiger partial charge is 0.351 e. The van der Waals surface area contributed by atoms with Crippen molar-refractivity contribution in [3.63, 3.8) is 0 Å². The molecule has 2 aliphatic rings. The van der Waals surface area contributed by atoms with Gasteiger partial charge in [-0.3, -0.25) is 4.79 Å².